The molecule has 3 aromatic rings. The van der Waals surface area contributed by atoms with Crippen molar-refractivity contribution in [2.24, 2.45) is 5.92 Å². The van der Waals surface area contributed by atoms with E-state index in [0.717, 1.165) is 29.7 Å². The smallest absolute Gasteiger partial charge is 0.297 e. The van der Waals surface area contributed by atoms with E-state index in [-0.39, 0.29) is 60.5 Å². The van der Waals surface area contributed by atoms with Crippen molar-refractivity contribution in [1.29, 1.82) is 0 Å². The van der Waals surface area contributed by atoms with Gasteiger partial charge in [0.05, 0.1) is 32.3 Å². The van der Waals surface area contributed by atoms with Crippen LogP contribution in [0.4, 0.5) is 0 Å². The molecule has 220 valence electrons. The van der Waals surface area contributed by atoms with Crippen LogP contribution in [0, 0.1) is 5.92 Å². The quantitative estimate of drug-likeness (QED) is 0.313. The van der Waals surface area contributed by atoms with Gasteiger partial charge in [0.25, 0.3) is 5.56 Å². The monoisotopic (exact) mass is 578 g/mol. The molecule has 0 unspecified atom stereocenters. The van der Waals surface area contributed by atoms with E-state index in [9.17, 15) is 19.5 Å². The Morgan fingerprint density at radius 2 is 1.78 bits per heavy atom. The molecule has 2 N–H and O–H groups in total. The first-order valence-electron chi connectivity index (χ1n) is 14.3. The molecule has 2 heterocycles. The summed E-state index contributed by atoms with van der Waals surface area (Å²) in [5.74, 6) is 0.291. The maximum atomic E-state index is 13.4. The number of nitrogens with zero attached hydrogens (tertiary/aromatic N) is 2. The molecular weight excluding hydrogens is 536 g/mol. The van der Waals surface area contributed by atoms with Gasteiger partial charge < -0.3 is 24.3 Å². The topological polar surface area (TPSA) is 101 Å². The molecule has 1 fully saturated rings. The fourth-order valence-corrected chi connectivity index (χ4v) is 8.74. The van der Waals surface area contributed by atoms with Crippen LogP contribution >= 0.6 is 0 Å². The van der Waals surface area contributed by atoms with Crippen molar-refractivity contribution in [3.05, 3.63) is 94.4 Å². The number of aliphatic hydroxyl groups excluding tert-OH is 1. The van der Waals surface area contributed by atoms with Gasteiger partial charge in [-0.05, 0) is 67.2 Å². The van der Waals surface area contributed by atoms with Crippen molar-refractivity contribution >= 4 is 14.2 Å². The summed E-state index contributed by atoms with van der Waals surface area (Å²) >= 11 is 0. The summed E-state index contributed by atoms with van der Waals surface area (Å²) in [5.41, 5.74) is 2.53. The van der Waals surface area contributed by atoms with E-state index < -0.39 is 8.32 Å². The van der Waals surface area contributed by atoms with Crippen LogP contribution in [0.3, 0.4) is 0 Å². The average Bonchev–Trinajstić information content (AvgIpc) is 3.27. The lowest BCUT2D eigenvalue weighted by Gasteiger charge is -2.31. The number of benzene rings is 2. The maximum Gasteiger partial charge on any atom is 0.297 e. The first-order chi connectivity index (χ1) is 19.6. The summed E-state index contributed by atoms with van der Waals surface area (Å²) in [4.78, 5) is 39.1. The lowest BCUT2D eigenvalue weighted by Crippen LogP contribution is -2.42. The number of hydrogen-bond donors (Lipinski definition) is 2. The Morgan fingerprint density at radius 3 is 2.46 bits per heavy atom. The summed E-state index contributed by atoms with van der Waals surface area (Å²) in [6, 6.07) is 21.0. The number of aliphatic hydroxyl groups is 1. The number of hydrogen-bond acceptors (Lipinski definition) is 6. The fourth-order valence-electron chi connectivity index (χ4n) is 6.13. The molecule has 0 radical (unpaired) electrons. The summed E-state index contributed by atoms with van der Waals surface area (Å²) in [7, 11) is -1.17. The average molecular weight is 579 g/mol. The van der Waals surface area contributed by atoms with Crippen molar-refractivity contribution in [2.75, 3.05) is 20.3 Å². The van der Waals surface area contributed by atoms with Crippen LogP contribution in [0.5, 0.6) is 5.75 Å². The molecule has 4 atom stereocenters. The second-order valence-corrected chi connectivity index (χ2v) is 15.4. The first-order valence-corrected chi connectivity index (χ1v) is 17.3. The first kappa shape index (κ1) is 30.7. The van der Waals surface area contributed by atoms with E-state index in [1.54, 1.807) is 27.8 Å². The molecule has 8 nitrogen and oxygen atoms in total. The molecule has 41 heavy (non-hydrogen) atoms. The molecular formula is C32H42N2O6Si. The zero-order valence-electron chi connectivity index (χ0n) is 24.4. The van der Waals surface area contributed by atoms with E-state index in [1.807, 2.05) is 67.7 Å². The van der Waals surface area contributed by atoms with Crippen LogP contribution in [-0.4, -0.2) is 66.1 Å². The number of methoxy groups -OCH3 is 1. The Bertz CT molecular complexity index is 1360. The number of aryl methyl sites for hydroxylation is 1. The highest BCUT2D eigenvalue weighted by Gasteiger charge is 2.50. The summed E-state index contributed by atoms with van der Waals surface area (Å²) < 4.78 is 13.3. The minimum absolute atomic E-state index is 0.0829. The number of carbonyl (C=O) groups is 1. The van der Waals surface area contributed by atoms with Gasteiger partial charge in [0.15, 0.2) is 14.1 Å². The zero-order chi connectivity index (χ0) is 29.6. The van der Waals surface area contributed by atoms with Crippen LogP contribution in [-0.2, 0) is 22.5 Å². The van der Waals surface area contributed by atoms with E-state index in [1.165, 1.54) is 7.11 Å². The van der Waals surface area contributed by atoms with Gasteiger partial charge in [0.1, 0.15) is 0 Å². The molecule has 1 aromatic heterocycles. The Hall–Kier alpha value is -3.24. The largest absolute Gasteiger partial charge is 0.491 e. The molecule has 1 saturated heterocycles. The molecule has 0 aliphatic carbocycles. The van der Waals surface area contributed by atoms with Crippen molar-refractivity contribution in [3.63, 3.8) is 0 Å². The number of pyridine rings is 1. The predicted octanol–water partition coefficient (Wildman–Crippen LogP) is 4.16. The van der Waals surface area contributed by atoms with Crippen molar-refractivity contribution in [3.8, 4) is 11.4 Å². The van der Waals surface area contributed by atoms with E-state index in [0.29, 0.717) is 6.54 Å². The number of carbonyl (C=O) groups excluding carboxylic acids is 1. The second kappa shape index (κ2) is 13.6. The number of aromatic nitrogens is 1. The summed E-state index contributed by atoms with van der Waals surface area (Å²) in [6.07, 6.45) is 2.86. The van der Waals surface area contributed by atoms with Crippen molar-refractivity contribution < 1.29 is 24.2 Å². The zero-order valence-corrected chi connectivity index (χ0v) is 25.4. The third-order valence-corrected chi connectivity index (χ3v) is 10.6. The highest BCUT2D eigenvalue weighted by Crippen LogP contribution is 2.45. The van der Waals surface area contributed by atoms with Crippen LogP contribution in [0.1, 0.15) is 30.9 Å². The molecule has 2 aromatic carbocycles. The third kappa shape index (κ3) is 7.54. The second-order valence-electron chi connectivity index (χ2n) is 11.4. The van der Waals surface area contributed by atoms with E-state index in [4.69, 9.17) is 9.47 Å². The van der Waals surface area contributed by atoms with Crippen LogP contribution < -0.4 is 10.3 Å². The molecule has 1 aliphatic rings. The van der Waals surface area contributed by atoms with Gasteiger partial charge in [0, 0.05) is 30.5 Å². The minimum Gasteiger partial charge on any atom is -0.491 e. The molecule has 0 bridgehead atoms. The standard InChI is InChI=1S/C32H42N2O6Si/c1-23-27(16-15-24-12-8-13-26(20-24)34-17-9-14-28(39-2)32(34)37)40-29(31(23)41(3,4)38)21-30(36)33(18-19-35)22-25-10-6-5-7-11-25/h5-14,17,20,23,27,29,31,35,38H,15-16,18-19,21-22H2,1-4H3/t23-,27+,29-,31+/m0/s1. The number of ether oxygens (including phenoxy) is 2. The van der Waals surface area contributed by atoms with Crippen LogP contribution in [0.15, 0.2) is 77.7 Å². The third-order valence-electron chi connectivity index (χ3n) is 8.07. The minimum atomic E-state index is -2.66. The van der Waals surface area contributed by atoms with Gasteiger partial charge in [-0.2, -0.15) is 0 Å². The van der Waals surface area contributed by atoms with E-state index >= 15 is 0 Å². The molecule has 9 heteroatoms. The Kier molecular flexibility index (Phi) is 10.2. The Labute approximate surface area is 243 Å². The Morgan fingerprint density at radius 1 is 1.05 bits per heavy atom. The van der Waals surface area contributed by atoms with Gasteiger partial charge in [-0.1, -0.05) is 49.4 Å². The van der Waals surface area contributed by atoms with Gasteiger partial charge >= 0.3 is 0 Å². The van der Waals surface area contributed by atoms with Gasteiger partial charge in [-0.3, -0.25) is 14.2 Å². The summed E-state index contributed by atoms with van der Waals surface area (Å²) in [6.45, 7) is 6.50. The molecule has 4 rings (SSSR count). The normalized spacial score (nSPS) is 20.6. The number of amides is 1. The molecule has 0 spiro atoms. The summed E-state index contributed by atoms with van der Waals surface area (Å²) in [5, 5.41) is 9.62. The SMILES string of the molecule is COc1cccn(-c2cccc(CC[C@H]3O[C@@H](CC(=O)N(CCO)Cc4ccccc4)[C@H]([Si](C)(C)O)[C@H]3C)c2)c1=O. The maximum absolute atomic E-state index is 13.4. The molecule has 1 amide bonds. The van der Waals surface area contributed by atoms with Gasteiger partial charge in [-0.15, -0.1) is 0 Å². The van der Waals surface area contributed by atoms with E-state index in [2.05, 4.69) is 6.92 Å². The highest BCUT2D eigenvalue weighted by molar-refractivity contribution is 6.71. The highest BCUT2D eigenvalue weighted by atomic mass is 28.4. The van der Waals surface area contributed by atoms with Gasteiger partial charge in [0.2, 0.25) is 5.91 Å². The van der Waals surface area contributed by atoms with Crippen molar-refractivity contribution in [1.82, 2.24) is 9.47 Å². The lowest BCUT2D eigenvalue weighted by molar-refractivity contribution is -0.135. The Balaban J connectivity index is 1.46. The fraction of sp³-hybridized carbons (Fsp3) is 0.438. The lowest BCUT2D eigenvalue weighted by atomic mass is 9.95. The molecule has 0 saturated carbocycles. The number of rotatable bonds is 12. The predicted molar refractivity (Wildman–Crippen MR) is 162 cm³/mol. The van der Waals surface area contributed by atoms with Crippen LogP contribution in [0.2, 0.25) is 18.6 Å². The van der Waals surface area contributed by atoms with Crippen LogP contribution in [0.25, 0.3) is 5.69 Å². The van der Waals surface area contributed by atoms with Crippen molar-refractivity contribution in [2.45, 2.75) is 63.6 Å². The molecule has 1 aliphatic heterocycles. The van der Waals surface area contributed by atoms with Gasteiger partial charge in [-0.25, -0.2) is 0 Å².